The number of pyridine rings is 1. The molecule has 1 aromatic heterocycles. The largest absolute Gasteiger partial charge is 0.455 e. The summed E-state index contributed by atoms with van der Waals surface area (Å²) in [5.74, 6) is -1.56. The molecule has 3 N–H and O–H groups in total. The number of carbonyl (C=O) groups excluding carboxylic acids is 4. The van der Waals surface area contributed by atoms with Crippen molar-refractivity contribution in [1.29, 1.82) is 0 Å². The molecule has 42 heavy (non-hydrogen) atoms. The first-order valence-electron chi connectivity index (χ1n) is 15.1. The molecular formula is C32H41N5O5. The summed E-state index contributed by atoms with van der Waals surface area (Å²) in [6.07, 6.45) is 7.27. The summed E-state index contributed by atoms with van der Waals surface area (Å²) in [6.45, 7) is 7.51. The van der Waals surface area contributed by atoms with Gasteiger partial charge in [-0.2, -0.15) is 0 Å². The van der Waals surface area contributed by atoms with Gasteiger partial charge in [0.05, 0.1) is 17.1 Å². The quantitative estimate of drug-likeness (QED) is 0.478. The zero-order valence-electron chi connectivity index (χ0n) is 24.8. The summed E-state index contributed by atoms with van der Waals surface area (Å²) >= 11 is 0. The number of hydrogen-bond donors (Lipinski definition) is 3. The Kier molecular flexibility index (Phi) is 8.91. The predicted molar refractivity (Wildman–Crippen MR) is 158 cm³/mol. The fourth-order valence-corrected chi connectivity index (χ4v) is 5.52. The molecule has 3 heterocycles. The minimum Gasteiger partial charge on any atom is -0.455 e. The number of rotatable bonds is 3. The zero-order chi connectivity index (χ0) is 30.0. The van der Waals surface area contributed by atoms with Crippen molar-refractivity contribution < 1.29 is 23.9 Å². The van der Waals surface area contributed by atoms with Crippen LogP contribution in [0.25, 0.3) is 17.0 Å². The summed E-state index contributed by atoms with van der Waals surface area (Å²) in [5.41, 5.74) is 5.26. The number of ether oxygens (including phenoxy) is 1. The van der Waals surface area contributed by atoms with Crippen LogP contribution in [-0.4, -0.2) is 58.4 Å². The monoisotopic (exact) mass is 575 g/mol. The van der Waals surface area contributed by atoms with Gasteiger partial charge in [-0.3, -0.25) is 24.2 Å². The van der Waals surface area contributed by atoms with Gasteiger partial charge in [0.2, 0.25) is 11.8 Å². The number of aromatic nitrogens is 1. The van der Waals surface area contributed by atoms with Gasteiger partial charge in [-0.1, -0.05) is 57.0 Å². The van der Waals surface area contributed by atoms with E-state index in [0.29, 0.717) is 37.4 Å². The van der Waals surface area contributed by atoms with Crippen LogP contribution in [0, 0.1) is 17.8 Å². The summed E-state index contributed by atoms with van der Waals surface area (Å²) < 4.78 is 5.78. The van der Waals surface area contributed by atoms with E-state index < -0.39 is 42.0 Å². The number of carbonyl (C=O) groups is 4. The molecule has 5 rings (SSSR count). The second kappa shape index (κ2) is 12.6. The van der Waals surface area contributed by atoms with Gasteiger partial charge in [-0.15, -0.1) is 0 Å². The van der Waals surface area contributed by atoms with Crippen molar-refractivity contribution in [1.82, 2.24) is 26.1 Å². The fraction of sp³-hybridized carbons (Fsp3) is 0.531. The Balaban J connectivity index is 1.48. The van der Waals surface area contributed by atoms with E-state index in [2.05, 4.69) is 16.1 Å². The second-order valence-corrected chi connectivity index (χ2v) is 12.2. The van der Waals surface area contributed by atoms with Gasteiger partial charge < -0.3 is 15.4 Å². The van der Waals surface area contributed by atoms with E-state index in [0.717, 1.165) is 29.3 Å². The van der Waals surface area contributed by atoms with E-state index in [1.807, 2.05) is 56.3 Å². The van der Waals surface area contributed by atoms with E-state index >= 15 is 0 Å². The predicted octanol–water partition coefficient (Wildman–Crippen LogP) is 3.42. The maximum absolute atomic E-state index is 13.5. The molecule has 5 atom stereocenters. The lowest BCUT2D eigenvalue weighted by Gasteiger charge is -2.35. The number of benzene rings is 1. The van der Waals surface area contributed by atoms with Crippen molar-refractivity contribution in [2.75, 3.05) is 6.54 Å². The first kappa shape index (κ1) is 29.7. The highest BCUT2D eigenvalue weighted by atomic mass is 16.5. The molecule has 1 aromatic carbocycles. The fourth-order valence-electron chi connectivity index (χ4n) is 5.52. The van der Waals surface area contributed by atoms with Gasteiger partial charge in [0.15, 0.2) is 0 Å². The number of hydrogen-bond acceptors (Lipinski definition) is 7. The van der Waals surface area contributed by atoms with Crippen molar-refractivity contribution in [3.8, 4) is 0 Å². The lowest BCUT2D eigenvalue weighted by Crippen LogP contribution is -2.61. The van der Waals surface area contributed by atoms with E-state index in [4.69, 9.17) is 9.72 Å². The van der Waals surface area contributed by atoms with Crippen molar-refractivity contribution in [3.63, 3.8) is 0 Å². The smallest absolute Gasteiger partial charge is 0.325 e. The number of nitrogens with one attached hydrogen (secondary N) is 3. The molecule has 1 aliphatic carbocycles. The third-order valence-corrected chi connectivity index (χ3v) is 8.30. The highest BCUT2D eigenvalue weighted by Crippen LogP contribution is 2.36. The number of hydrazine groups is 1. The Bertz CT molecular complexity index is 1390. The number of esters is 1. The molecule has 5 bridgehead atoms. The Hall–Kier alpha value is -3.79. The van der Waals surface area contributed by atoms with Gasteiger partial charge in [0.25, 0.3) is 5.91 Å². The lowest BCUT2D eigenvalue weighted by molar-refractivity contribution is -0.157. The Morgan fingerprint density at radius 1 is 1.00 bits per heavy atom. The molecule has 0 spiro atoms. The van der Waals surface area contributed by atoms with E-state index in [9.17, 15) is 19.2 Å². The Labute approximate surface area is 246 Å². The highest BCUT2D eigenvalue weighted by Gasteiger charge is 2.35. The average Bonchev–Trinajstić information content (AvgIpc) is 3.80. The molecule has 2 aliphatic heterocycles. The molecule has 0 unspecified atom stereocenters. The zero-order valence-corrected chi connectivity index (χ0v) is 24.8. The van der Waals surface area contributed by atoms with Gasteiger partial charge in [0.1, 0.15) is 24.2 Å². The summed E-state index contributed by atoms with van der Waals surface area (Å²) in [5, 5.41) is 8.07. The van der Waals surface area contributed by atoms with Crippen molar-refractivity contribution in [2.45, 2.75) is 84.0 Å². The standard InChI is InChI=1S/C32H41N5O5/c1-18(2)28-30(39)33-19(3)31(40)37-15-5-6-26(36-37)32(41)42-20(4)25-14-13-23-11-9-22(17-27(23)34-25)10-12-24(29(38)35-28)16-21-7-8-21/h9-14,17-21,24,26,28,36H,5-8,15-16H2,1-4H3,(H,33,39)(H,35,38)/b12-10+/t19-,20+,24-,26-,28-/m0/s1. The molecule has 1 saturated heterocycles. The van der Waals surface area contributed by atoms with Crippen LogP contribution < -0.4 is 16.1 Å². The lowest BCUT2D eigenvalue weighted by atomic mass is 9.96. The van der Waals surface area contributed by atoms with Gasteiger partial charge in [-0.25, -0.2) is 10.4 Å². The molecule has 1 saturated carbocycles. The maximum Gasteiger partial charge on any atom is 0.325 e. The van der Waals surface area contributed by atoms with Crippen LogP contribution in [-0.2, 0) is 23.9 Å². The molecule has 3 aliphatic rings. The molecule has 224 valence electrons. The molecule has 3 amide bonds. The van der Waals surface area contributed by atoms with Crippen LogP contribution in [0.5, 0.6) is 0 Å². The highest BCUT2D eigenvalue weighted by molar-refractivity contribution is 5.93. The van der Waals surface area contributed by atoms with Crippen LogP contribution in [0.3, 0.4) is 0 Å². The van der Waals surface area contributed by atoms with Crippen LogP contribution >= 0.6 is 0 Å². The topological polar surface area (TPSA) is 130 Å². The van der Waals surface area contributed by atoms with Crippen LogP contribution in [0.4, 0.5) is 0 Å². The van der Waals surface area contributed by atoms with Crippen LogP contribution in [0.2, 0.25) is 0 Å². The molecule has 10 nitrogen and oxygen atoms in total. The molecule has 0 radical (unpaired) electrons. The molecule has 2 aromatic rings. The maximum atomic E-state index is 13.5. The van der Waals surface area contributed by atoms with Crippen LogP contribution in [0.15, 0.2) is 36.4 Å². The van der Waals surface area contributed by atoms with Crippen molar-refractivity contribution in [2.24, 2.45) is 17.8 Å². The minimum absolute atomic E-state index is 0.196. The SMILES string of the molecule is CC(C)[C@@H]1NC(=O)[C@H](CC2CC2)/C=C/c2ccc3ccc(nc3c2)[C@@H](C)OC(=O)[C@@H]2CCCN(N2)C(=O)[C@H](C)NC1=O. The van der Waals surface area contributed by atoms with Crippen LogP contribution in [0.1, 0.15) is 77.2 Å². The number of fused-ring (bicyclic) bond motifs is 4. The number of amides is 3. The molecular weight excluding hydrogens is 534 g/mol. The average molecular weight is 576 g/mol. The molecule has 10 heteroatoms. The van der Waals surface area contributed by atoms with Crippen molar-refractivity contribution in [3.05, 3.63) is 47.7 Å². The normalized spacial score (nSPS) is 28.8. The summed E-state index contributed by atoms with van der Waals surface area (Å²) in [6, 6.07) is 7.34. The number of nitrogens with zero attached hydrogens (tertiary/aromatic N) is 2. The van der Waals surface area contributed by atoms with Gasteiger partial charge >= 0.3 is 5.97 Å². The van der Waals surface area contributed by atoms with Gasteiger partial charge in [0, 0.05) is 11.9 Å². The Morgan fingerprint density at radius 2 is 1.76 bits per heavy atom. The summed E-state index contributed by atoms with van der Waals surface area (Å²) in [4.78, 5) is 58.0. The minimum atomic E-state index is -0.865. The van der Waals surface area contributed by atoms with Gasteiger partial charge in [-0.05, 0) is 62.6 Å². The van der Waals surface area contributed by atoms with Crippen molar-refractivity contribution >= 4 is 40.7 Å². The second-order valence-electron chi connectivity index (χ2n) is 12.2. The van der Waals surface area contributed by atoms with E-state index in [1.54, 1.807) is 13.8 Å². The first-order valence-corrected chi connectivity index (χ1v) is 15.1. The molecule has 2 fully saturated rings. The Morgan fingerprint density at radius 3 is 2.50 bits per heavy atom. The number of cyclic esters (lactones) is 1. The first-order chi connectivity index (χ1) is 20.1. The third kappa shape index (κ3) is 6.98. The van der Waals surface area contributed by atoms with E-state index in [-0.39, 0.29) is 17.7 Å². The van der Waals surface area contributed by atoms with E-state index in [1.165, 1.54) is 5.01 Å². The summed E-state index contributed by atoms with van der Waals surface area (Å²) in [7, 11) is 0. The third-order valence-electron chi connectivity index (χ3n) is 8.30.